The van der Waals surface area contributed by atoms with E-state index in [0.29, 0.717) is 5.56 Å². The van der Waals surface area contributed by atoms with Gasteiger partial charge in [0.1, 0.15) is 3.70 Å². The van der Waals surface area contributed by atoms with Crippen molar-refractivity contribution < 1.29 is 9.90 Å². The maximum Gasteiger partial charge on any atom is 0.335 e. The van der Waals surface area contributed by atoms with Crippen LogP contribution in [0, 0.1) is 3.70 Å². The molecule has 16 heavy (non-hydrogen) atoms. The van der Waals surface area contributed by atoms with Crippen molar-refractivity contribution in [3.8, 4) is 11.1 Å². The molecule has 0 saturated carbocycles. The van der Waals surface area contributed by atoms with E-state index in [4.69, 9.17) is 5.11 Å². The highest BCUT2D eigenvalue weighted by atomic mass is 127. The smallest absolute Gasteiger partial charge is 0.335 e. The Bertz CT molecular complexity index is 506. The summed E-state index contributed by atoms with van der Waals surface area (Å²) in [4.78, 5) is 14.9. The quantitative estimate of drug-likeness (QED) is 0.682. The van der Waals surface area contributed by atoms with Crippen LogP contribution in [0.15, 0.2) is 42.6 Å². The lowest BCUT2D eigenvalue weighted by Gasteiger charge is -2.01. The van der Waals surface area contributed by atoms with E-state index in [2.05, 4.69) is 27.6 Å². The number of aromatic nitrogens is 1. The van der Waals surface area contributed by atoms with Crippen molar-refractivity contribution in [3.05, 3.63) is 51.9 Å². The first kappa shape index (κ1) is 11.1. The van der Waals surface area contributed by atoms with Crippen molar-refractivity contribution in [2.24, 2.45) is 0 Å². The standard InChI is InChI=1S/C12H8INO2/c13-11-6-5-10(7-14-11)8-1-3-9(4-2-8)12(15)16/h1-7H,(H,15,16). The number of pyridine rings is 1. The predicted molar refractivity (Wildman–Crippen MR) is 69.3 cm³/mol. The van der Waals surface area contributed by atoms with Gasteiger partial charge in [0.05, 0.1) is 5.56 Å². The van der Waals surface area contributed by atoms with Gasteiger partial charge in [0.25, 0.3) is 0 Å². The first-order valence-corrected chi connectivity index (χ1v) is 5.70. The van der Waals surface area contributed by atoms with Gasteiger partial charge in [-0.3, -0.25) is 0 Å². The topological polar surface area (TPSA) is 50.2 Å². The number of benzene rings is 1. The Labute approximate surface area is 106 Å². The van der Waals surface area contributed by atoms with Crippen LogP contribution >= 0.6 is 22.6 Å². The summed E-state index contributed by atoms with van der Waals surface area (Å²) in [6.07, 6.45) is 1.78. The van der Waals surface area contributed by atoms with Gasteiger partial charge in [0, 0.05) is 11.8 Å². The van der Waals surface area contributed by atoms with E-state index in [1.54, 1.807) is 30.5 Å². The number of hydrogen-bond donors (Lipinski definition) is 1. The van der Waals surface area contributed by atoms with E-state index in [9.17, 15) is 4.79 Å². The lowest BCUT2D eigenvalue weighted by atomic mass is 10.1. The van der Waals surface area contributed by atoms with Gasteiger partial charge in [-0.1, -0.05) is 18.2 Å². The summed E-state index contributed by atoms with van der Waals surface area (Å²) >= 11 is 2.14. The van der Waals surface area contributed by atoms with Gasteiger partial charge in [-0.15, -0.1) is 0 Å². The first-order valence-electron chi connectivity index (χ1n) is 4.62. The highest BCUT2D eigenvalue weighted by Gasteiger charge is 2.03. The summed E-state index contributed by atoms with van der Waals surface area (Å²) in [5.74, 6) is -0.910. The largest absolute Gasteiger partial charge is 0.478 e. The number of carbonyl (C=O) groups is 1. The number of rotatable bonds is 2. The number of halogens is 1. The molecule has 1 aromatic heterocycles. The summed E-state index contributed by atoms with van der Waals surface area (Å²) in [7, 11) is 0. The molecular formula is C12H8INO2. The van der Waals surface area contributed by atoms with Gasteiger partial charge in [-0.2, -0.15) is 0 Å². The Hall–Kier alpha value is -1.43. The van der Waals surface area contributed by atoms with Gasteiger partial charge in [0.15, 0.2) is 0 Å². The molecule has 1 N–H and O–H groups in total. The fourth-order valence-electron chi connectivity index (χ4n) is 1.35. The van der Waals surface area contributed by atoms with Crippen molar-refractivity contribution in [2.45, 2.75) is 0 Å². The Morgan fingerprint density at radius 1 is 1.06 bits per heavy atom. The molecule has 0 fully saturated rings. The number of nitrogens with zero attached hydrogens (tertiary/aromatic N) is 1. The van der Waals surface area contributed by atoms with Crippen molar-refractivity contribution in [1.29, 1.82) is 0 Å². The highest BCUT2D eigenvalue weighted by Crippen LogP contribution is 2.19. The van der Waals surface area contributed by atoms with Crippen LogP contribution in [0.4, 0.5) is 0 Å². The summed E-state index contributed by atoms with van der Waals surface area (Å²) in [5, 5.41) is 8.77. The number of aromatic carboxylic acids is 1. The molecule has 0 aliphatic carbocycles. The molecule has 3 nitrogen and oxygen atoms in total. The molecule has 2 aromatic rings. The van der Waals surface area contributed by atoms with Crippen molar-refractivity contribution in [2.75, 3.05) is 0 Å². The monoisotopic (exact) mass is 325 g/mol. The molecule has 80 valence electrons. The van der Waals surface area contributed by atoms with Crippen LogP contribution in [0.25, 0.3) is 11.1 Å². The third kappa shape index (κ3) is 2.38. The Balaban J connectivity index is 2.34. The summed E-state index contributed by atoms with van der Waals surface area (Å²) < 4.78 is 0.934. The number of hydrogen-bond acceptors (Lipinski definition) is 2. The maximum atomic E-state index is 10.7. The summed E-state index contributed by atoms with van der Waals surface area (Å²) in [5.41, 5.74) is 2.24. The molecule has 0 aliphatic heterocycles. The molecule has 0 atom stereocenters. The molecule has 0 aliphatic rings. The second-order valence-corrected chi connectivity index (χ2v) is 4.36. The minimum Gasteiger partial charge on any atom is -0.478 e. The Morgan fingerprint density at radius 2 is 1.69 bits per heavy atom. The molecule has 0 radical (unpaired) electrons. The Kier molecular flexibility index (Phi) is 3.19. The van der Waals surface area contributed by atoms with E-state index in [0.717, 1.165) is 14.8 Å². The third-order valence-electron chi connectivity index (χ3n) is 2.19. The zero-order valence-corrected chi connectivity index (χ0v) is 10.4. The van der Waals surface area contributed by atoms with Gasteiger partial charge in [-0.25, -0.2) is 9.78 Å². The van der Waals surface area contributed by atoms with Gasteiger partial charge in [-0.05, 0) is 46.4 Å². The molecule has 1 aromatic carbocycles. The summed E-state index contributed by atoms with van der Waals surface area (Å²) in [6, 6.07) is 10.6. The van der Waals surface area contributed by atoms with Crippen LogP contribution in [-0.2, 0) is 0 Å². The van der Waals surface area contributed by atoms with Crippen LogP contribution in [-0.4, -0.2) is 16.1 Å². The van der Waals surface area contributed by atoms with Gasteiger partial charge < -0.3 is 5.11 Å². The van der Waals surface area contributed by atoms with E-state index >= 15 is 0 Å². The molecule has 0 unspecified atom stereocenters. The second kappa shape index (κ2) is 4.61. The van der Waals surface area contributed by atoms with Crippen LogP contribution in [0.3, 0.4) is 0 Å². The average Bonchev–Trinajstić information content (AvgIpc) is 2.30. The second-order valence-electron chi connectivity index (χ2n) is 3.25. The van der Waals surface area contributed by atoms with Crippen LogP contribution in [0.5, 0.6) is 0 Å². The molecule has 2 rings (SSSR count). The lowest BCUT2D eigenvalue weighted by molar-refractivity contribution is 0.0697. The highest BCUT2D eigenvalue weighted by molar-refractivity contribution is 14.1. The average molecular weight is 325 g/mol. The Morgan fingerprint density at radius 3 is 2.19 bits per heavy atom. The van der Waals surface area contributed by atoms with Crippen molar-refractivity contribution >= 4 is 28.6 Å². The van der Waals surface area contributed by atoms with Crippen LogP contribution < -0.4 is 0 Å². The van der Waals surface area contributed by atoms with Crippen LogP contribution in [0.2, 0.25) is 0 Å². The normalized spacial score (nSPS) is 10.1. The van der Waals surface area contributed by atoms with Crippen molar-refractivity contribution in [1.82, 2.24) is 4.98 Å². The van der Waals surface area contributed by atoms with Crippen molar-refractivity contribution in [3.63, 3.8) is 0 Å². The minimum absolute atomic E-state index is 0.294. The van der Waals surface area contributed by atoms with E-state index in [-0.39, 0.29) is 0 Å². The summed E-state index contributed by atoms with van der Waals surface area (Å²) in [6.45, 7) is 0. The fraction of sp³-hybridized carbons (Fsp3) is 0. The SMILES string of the molecule is O=C(O)c1ccc(-c2ccc(I)nc2)cc1. The third-order valence-corrected chi connectivity index (χ3v) is 2.83. The number of carboxylic acid groups (broad SMARTS) is 1. The van der Waals surface area contributed by atoms with E-state index in [1.807, 2.05) is 12.1 Å². The number of carboxylic acids is 1. The molecular weight excluding hydrogens is 317 g/mol. The maximum absolute atomic E-state index is 10.7. The minimum atomic E-state index is -0.910. The molecule has 0 spiro atoms. The zero-order chi connectivity index (χ0) is 11.5. The van der Waals surface area contributed by atoms with Crippen LogP contribution in [0.1, 0.15) is 10.4 Å². The fourth-order valence-corrected chi connectivity index (χ4v) is 1.67. The van der Waals surface area contributed by atoms with E-state index in [1.165, 1.54) is 0 Å². The zero-order valence-electron chi connectivity index (χ0n) is 8.22. The lowest BCUT2D eigenvalue weighted by Crippen LogP contribution is -1.95. The molecule has 0 amide bonds. The molecule has 0 bridgehead atoms. The predicted octanol–water partition coefficient (Wildman–Crippen LogP) is 3.05. The molecule has 0 saturated heterocycles. The molecule has 1 heterocycles. The first-order chi connectivity index (χ1) is 7.66. The van der Waals surface area contributed by atoms with Gasteiger partial charge in [0.2, 0.25) is 0 Å². The molecule has 4 heteroatoms. The van der Waals surface area contributed by atoms with E-state index < -0.39 is 5.97 Å². The van der Waals surface area contributed by atoms with Gasteiger partial charge >= 0.3 is 5.97 Å².